The second-order valence-corrected chi connectivity index (χ2v) is 10.4. The number of para-hydroxylation sites is 2. The van der Waals surface area contributed by atoms with Gasteiger partial charge >= 0.3 is 24.8 Å². The van der Waals surface area contributed by atoms with Crippen LogP contribution in [-0.4, -0.2) is 16.8 Å². The monoisotopic (exact) mass is 576 g/mol. The first-order chi connectivity index (χ1) is 18.0. The van der Waals surface area contributed by atoms with Crippen LogP contribution in [0.3, 0.4) is 0 Å². The fraction of sp³-hybridized carbons (Fsp3) is 0.387. The minimum absolute atomic E-state index is 0.130. The molecule has 0 saturated carbocycles. The molecule has 3 aromatic rings. The van der Waals surface area contributed by atoms with Crippen molar-refractivity contribution >= 4 is 33.4 Å². The predicted octanol–water partition coefficient (Wildman–Crippen LogP) is 9.95. The van der Waals surface area contributed by atoms with Gasteiger partial charge in [-0.05, 0) is 35.8 Å². The van der Waals surface area contributed by atoms with E-state index in [9.17, 15) is 9.59 Å². The van der Waals surface area contributed by atoms with Gasteiger partial charge in [-0.1, -0.05) is 120 Å². The molecule has 2 aromatic carbocycles. The van der Waals surface area contributed by atoms with Crippen LogP contribution in [0, 0.1) is 0 Å². The quantitative estimate of drug-likeness (QED) is 0.250. The third kappa shape index (κ3) is 7.68. The summed E-state index contributed by atoms with van der Waals surface area (Å²) in [5, 5.41) is 8.97. The van der Waals surface area contributed by atoms with Crippen molar-refractivity contribution in [1.29, 1.82) is 0 Å². The van der Waals surface area contributed by atoms with Gasteiger partial charge in [-0.2, -0.15) is 0 Å². The number of aromatic nitrogens is 1. The van der Waals surface area contributed by atoms with Gasteiger partial charge in [-0.3, -0.25) is 0 Å². The normalized spacial score (nSPS) is 11.0. The maximum atomic E-state index is 13.2. The number of hydrogen-bond donors (Lipinski definition) is 0. The number of carbonyl (C=O) groups is 2. The van der Waals surface area contributed by atoms with E-state index in [-0.39, 0.29) is 35.1 Å². The second-order valence-electron chi connectivity index (χ2n) is 10.4. The number of nitrogens with zero attached hydrogens (tertiary/aromatic N) is 3. The molecule has 0 radical (unpaired) electrons. The van der Waals surface area contributed by atoms with Gasteiger partial charge in [0.1, 0.15) is 11.8 Å². The molecule has 0 unspecified atom stereocenters. The third-order valence-corrected chi connectivity index (χ3v) is 6.30. The van der Waals surface area contributed by atoms with Crippen LogP contribution >= 0.6 is 10.2 Å². The first-order valence-electron chi connectivity index (χ1n) is 12.9. The van der Waals surface area contributed by atoms with E-state index in [1.54, 1.807) is 18.2 Å². The zero-order valence-corrected chi connectivity index (χ0v) is 25.1. The van der Waals surface area contributed by atoms with E-state index < -0.39 is 11.8 Å². The van der Waals surface area contributed by atoms with E-state index in [0.717, 1.165) is 22.3 Å². The third-order valence-electron chi connectivity index (χ3n) is 6.30. The van der Waals surface area contributed by atoms with Gasteiger partial charge < -0.3 is 20.2 Å². The van der Waals surface area contributed by atoms with Gasteiger partial charge in [0.15, 0.2) is 0 Å². The summed E-state index contributed by atoms with van der Waals surface area (Å²) in [6.45, 7) is 16.7. The predicted molar refractivity (Wildman–Crippen MR) is 154 cm³/mol. The zero-order chi connectivity index (χ0) is 28.6. The molecule has 0 fully saturated rings. The van der Waals surface area contributed by atoms with Crippen LogP contribution in [0.5, 0.6) is 0 Å². The van der Waals surface area contributed by atoms with Gasteiger partial charge in [0.2, 0.25) is 0 Å². The SMILES string of the molecule is CC(C)c1cccc(C(C)C)c1[N-]C(=O)c1cccc(C(=O)[N-]c2c(C(C)C)cccc2C(C)C)n1.[Cl][Ni]. The summed E-state index contributed by atoms with van der Waals surface area (Å²) in [4.78, 5) is 30.8. The molecule has 7 heteroatoms. The van der Waals surface area contributed by atoms with Crippen LogP contribution < -0.4 is 0 Å². The standard InChI is InChI=1S/C31H39N3O2.ClH.Ni/c1-18(2)22-12-9-13-23(19(3)4)28(22)33-30(35)26-16-11-17-27(32-26)31(36)34-29-24(20(5)6)14-10-15-25(29)21(7)8;;/h9-21H,1-8H3,(H2,33,34,35,36);1H;/q;;+1/p-3. The Morgan fingerprint density at radius 3 is 1.11 bits per heavy atom. The summed E-state index contributed by atoms with van der Waals surface area (Å²) in [7, 11) is 4.26. The number of rotatable bonds is 8. The Hall–Kier alpha value is -2.69. The van der Waals surface area contributed by atoms with Crippen molar-refractivity contribution in [2.75, 3.05) is 0 Å². The summed E-state index contributed by atoms with van der Waals surface area (Å²) >= 11 is 3.35. The Bertz CT molecular complexity index is 1110. The fourth-order valence-electron chi connectivity index (χ4n) is 4.27. The molecule has 0 atom stereocenters. The van der Waals surface area contributed by atoms with Crippen molar-refractivity contribution < 1.29 is 24.2 Å². The number of amides is 2. The molecule has 1 aromatic heterocycles. The average Bonchev–Trinajstić information content (AvgIpc) is 2.89. The Kier molecular flexibility index (Phi) is 12.0. The Balaban J connectivity index is 0.00000247. The van der Waals surface area contributed by atoms with Crippen molar-refractivity contribution in [3.05, 3.63) is 98.9 Å². The molecule has 38 heavy (non-hydrogen) atoms. The second kappa shape index (κ2) is 14.5. The van der Waals surface area contributed by atoms with Crippen LogP contribution in [-0.2, 0) is 14.6 Å². The number of carbonyl (C=O) groups excluding carboxylic acids is 2. The summed E-state index contributed by atoms with van der Waals surface area (Å²) in [5.41, 5.74) is 5.72. The number of halogens is 1. The first kappa shape index (κ1) is 31.5. The van der Waals surface area contributed by atoms with Crippen molar-refractivity contribution in [2.24, 2.45) is 0 Å². The van der Waals surface area contributed by atoms with Gasteiger partial charge in [0, 0.05) is 0 Å². The van der Waals surface area contributed by atoms with E-state index in [2.05, 4.69) is 95.8 Å². The van der Waals surface area contributed by atoms with Gasteiger partial charge in [-0.15, -0.1) is 11.4 Å². The molecule has 207 valence electrons. The molecule has 5 nitrogen and oxygen atoms in total. The molecule has 0 saturated heterocycles. The zero-order valence-electron chi connectivity index (χ0n) is 23.4. The molecule has 0 aliphatic rings. The van der Waals surface area contributed by atoms with Crippen molar-refractivity contribution in [3.63, 3.8) is 0 Å². The van der Waals surface area contributed by atoms with E-state index >= 15 is 0 Å². The summed E-state index contributed by atoms with van der Waals surface area (Å²) in [6.07, 6.45) is 0. The van der Waals surface area contributed by atoms with Crippen LogP contribution in [0.1, 0.15) is 122 Å². The Morgan fingerprint density at radius 1 is 0.579 bits per heavy atom. The minimum atomic E-state index is -0.468. The molecule has 0 bridgehead atoms. The molecule has 3 rings (SSSR count). The Labute approximate surface area is 239 Å². The molecular formula is C31H37ClN3NiO2-2. The fourth-order valence-corrected chi connectivity index (χ4v) is 4.27. The van der Waals surface area contributed by atoms with Crippen LogP contribution in [0.2, 0.25) is 0 Å². The molecule has 0 N–H and O–H groups in total. The number of pyridine rings is 1. The summed E-state index contributed by atoms with van der Waals surface area (Å²) in [6, 6.07) is 16.9. The van der Waals surface area contributed by atoms with E-state index in [1.807, 2.05) is 36.4 Å². The molecule has 1 heterocycles. The average molecular weight is 578 g/mol. The van der Waals surface area contributed by atoms with Crippen LogP contribution in [0.15, 0.2) is 54.6 Å². The van der Waals surface area contributed by atoms with Crippen LogP contribution in [0.25, 0.3) is 10.6 Å². The molecule has 2 amide bonds. The maximum absolute atomic E-state index is 13.2. The van der Waals surface area contributed by atoms with Gasteiger partial charge in [0.25, 0.3) is 0 Å². The van der Waals surface area contributed by atoms with Crippen molar-refractivity contribution in [1.82, 2.24) is 4.98 Å². The first-order valence-corrected chi connectivity index (χ1v) is 14.2. The number of hydrogen-bond acceptors (Lipinski definition) is 3. The van der Waals surface area contributed by atoms with E-state index in [0.29, 0.717) is 11.4 Å². The molecule has 0 spiro atoms. The van der Waals surface area contributed by atoms with E-state index in [1.165, 1.54) is 0 Å². The summed E-state index contributed by atoms with van der Waals surface area (Å²) < 4.78 is 0. The molecular weight excluding hydrogens is 541 g/mol. The van der Waals surface area contributed by atoms with Crippen molar-refractivity contribution in [3.8, 4) is 0 Å². The number of benzene rings is 2. The topological polar surface area (TPSA) is 75.2 Å². The van der Waals surface area contributed by atoms with Crippen LogP contribution in [0.4, 0.5) is 11.4 Å². The Morgan fingerprint density at radius 2 is 0.842 bits per heavy atom. The van der Waals surface area contributed by atoms with Gasteiger partial charge in [-0.25, -0.2) is 4.98 Å². The van der Waals surface area contributed by atoms with Gasteiger partial charge in [0.05, 0.1) is 11.4 Å². The summed E-state index contributed by atoms with van der Waals surface area (Å²) in [5.74, 6) is -0.0791. The molecule has 0 aliphatic carbocycles. The van der Waals surface area contributed by atoms with Crippen molar-refractivity contribution in [2.45, 2.75) is 79.1 Å². The molecule has 0 aliphatic heterocycles. The van der Waals surface area contributed by atoms with E-state index in [4.69, 9.17) is 0 Å².